The van der Waals surface area contributed by atoms with Crippen molar-refractivity contribution in [3.63, 3.8) is 0 Å². The monoisotopic (exact) mass is 704 g/mol. The van der Waals surface area contributed by atoms with Gasteiger partial charge >= 0.3 is 18.2 Å². The lowest BCUT2D eigenvalue weighted by molar-refractivity contribution is -0.128. The minimum atomic E-state index is -1.31. The third-order valence-corrected chi connectivity index (χ3v) is 8.26. The molecule has 0 aromatic heterocycles. The molecule has 12 nitrogen and oxygen atoms in total. The van der Waals surface area contributed by atoms with E-state index in [-0.39, 0.29) is 36.7 Å². The van der Waals surface area contributed by atoms with Gasteiger partial charge in [-0.25, -0.2) is 18.8 Å². The molecular weight excluding hydrogens is 659 g/mol. The van der Waals surface area contributed by atoms with Crippen LogP contribution in [0, 0.1) is 11.7 Å². The second kappa shape index (κ2) is 17.0. The molecule has 272 valence electrons. The Hall–Kier alpha value is -5.46. The zero-order chi connectivity index (χ0) is 37.3. The van der Waals surface area contributed by atoms with E-state index in [1.54, 1.807) is 34.6 Å². The second-order valence-corrected chi connectivity index (χ2v) is 13.7. The highest BCUT2D eigenvalue weighted by atomic mass is 19.1. The van der Waals surface area contributed by atoms with E-state index in [1.807, 2.05) is 48.5 Å². The van der Waals surface area contributed by atoms with Crippen molar-refractivity contribution in [1.29, 1.82) is 0 Å². The van der Waals surface area contributed by atoms with E-state index in [0.29, 0.717) is 12.8 Å². The van der Waals surface area contributed by atoms with Crippen molar-refractivity contribution in [2.24, 2.45) is 5.92 Å². The third-order valence-electron chi connectivity index (χ3n) is 8.26. The molecular formula is C38H45FN4O8. The van der Waals surface area contributed by atoms with Crippen LogP contribution in [0.4, 0.5) is 19.7 Å². The second-order valence-electron chi connectivity index (χ2n) is 13.7. The van der Waals surface area contributed by atoms with Crippen LogP contribution in [-0.2, 0) is 19.1 Å². The van der Waals surface area contributed by atoms with E-state index in [0.717, 1.165) is 40.5 Å². The number of anilines is 1. The number of amides is 4. The van der Waals surface area contributed by atoms with Gasteiger partial charge in [0.15, 0.2) is 0 Å². The Labute approximate surface area is 296 Å². The van der Waals surface area contributed by atoms with E-state index >= 15 is 0 Å². The molecule has 3 aromatic carbocycles. The van der Waals surface area contributed by atoms with Gasteiger partial charge < -0.3 is 35.8 Å². The number of carboxylic acids is 1. The number of hydrogen-bond donors (Lipinski definition) is 5. The van der Waals surface area contributed by atoms with Crippen molar-refractivity contribution >= 4 is 35.7 Å². The van der Waals surface area contributed by atoms with E-state index < -0.39 is 59.4 Å². The van der Waals surface area contributed by atoms with E-state index in [2.05, 4.69) is 21.3 Å². The summed E-state index contributed by atoms with van der Waals surface area (Å²) >= 11 is 0. The van der Waals surface area contributed by atoms with Gasteiger partial charge in [-0.15, -0.1) is 0 Å². The predicted octanol–water partition coefficient (Wildman–Crippen LogP) is 6.21. The normalized spacial score (nSPS) is 13.3. The van der Waals surface area contributed by atoms with Gasteiger partial charge in [0, 0.05) is 12.5 Å². The summed E-state index contributed by atoms with van der Waals surface area (Å²) in [7, 11) is 0. The molecule has 0 radical (unpaired) electrons. The highest BCUT2D eigenvalue weighted by Crippen LogP contribution is 2.44. The molecule has 0 spiro atoms. The van der Waals surface area contributed by atoms with Crippen molar-refractivity contribution in [1.82, 2.24) is 16.0 Å². The van der Waals surface area contributed by atoms with Crippen LogP contribution in [0.5, 0.6) is 0 Å². The number of fused-ring (bicyclic) bond motifs is 3. The summed E-state index contributed by atoms with van der Waals surface area (Å²) in [5, 5.41) is 19.6. The Balaban J connectivity index is 1.42. The Morgan fingerprint density at radius 1 is 0.843 bits per heavy atom. The fourth-order valence-corrected chi connectivity index (χ4v) is 5.78. The topological polar surface area (TPSA) is 172 Å². The van der Waals surface area contributed by atoms with Gasteiger partial charge in [0.25, 0.3) is 0 Å². The number of aromatic carboxylic acids is 1. The summed E-state index contributed by atoms with van der Waals surface area (Å²) in [4.78, 5) is 63.6. The molecule has 0 fully saturated rings. The highest BCUT2D eigenvalue weighted by molar-refractivity contribution is 5.99. The number of carboxylic acid groups (broad SMARTS) is 1. The molecule has 0 heterocycles. The molecule has 4 amide bonds. The predicted molar refractivity (Wildman–Crippen MR) is 189 cm³/mol. The standard InChI is InChI=1S/C38H45FN4O8/c1-22(2)32(43-37(49)50-21-28-26-14-8-6-12-24(26)25-13-7-9-15-27(25)28)34(45)41-30(16-10-11-19-40-36(48)51-38(3,4)5)33(44)42-31-20-23(35(46)47)17-18-29(31)39/h6-9,12-15,17-18,20,22,28,30,32H,10-11,16,19,21H2,1-5H3,(H,40,48)(H,41,45)(H,42,44)(H,43,49)(H,46,47)/t30-,32-/m0/s1. The minimum Gasteiger partial charge on any atom is -0.478 e. The average molecular weight is 705 g/mol. The summed E-state index contributed by atoms with van der Waals surface area (Å²) in [6, 6.07) is 16.5. The van der Waals surface area contributed by atoms with Gasteiger partial charge in [0.2, 0.25) is 11.8 Å². The highest BCUT2D eigenvalue weighted by Gasteiger charge is 2.32. The van der Waals surface area contributed by atoms with Crippen LogP contribution in [0.25, 0.3) is 11.1 Å². The van der Waals surface area contributed by atoms with Crippen LogP contribution in [0.15, 0.2) is 66.7 Å². The number of unbranched alkanes of at least 4 members (excludes halogenated alkanes) is 1. The van der Waals surface area contributed by atoms with Crippen LogP contribution in [0.1, 0.15) is 81.3 Å². The fourth-order valence-electron chi connectivity index (χ4n) is 5.78. The maximum absolute atomic E-state index is 14.6. The molecule has 1 aliphatic carbocycles. The van der Waals surface area contributed by atoms with Crippen LogP contribution in [-0.4, -0.2) is 65.9 Å². The lowest BCUT2D eigenvalue weighted by atomic mass is 9.98. The summed E-state index contributed by atoms with van der Waals surface area (Å²) in [5.74, 6) is -4.26. The summed E-state index contributed by atoms with van der Waals surface area (Å²) in [5.41, 5.74) is 2.92. The van der Waals surface area contributed by atoms with E-state index in [4.69, 9.17) is 9.47 Å². The Morgan fingerprint density at radius 2 is 1.47 bits per heavy atom. The van der Waals surface area contributed by atoms with E-state index in [1.165, 1.54) is 0 Å². The molecule has 1 aliphatic rings. The van der Waals surface area contributed by atoms with Crippen LogP contribution >= 0.6 is 0 Å². The maximum Gasteiger partial charge on any atom is 0.407 e. The zero-order valence-electron chi connectivity index (χ0n) is 29.4. The van der Waals surface area contributed by atoms with Crippen molar-refractivity contribution in [3.05, 3.63) is 89.2 Å². The number of hydrogen-bond acceptors (Lipinski definition) is 7. The lowest BCUT2D eigenvalue weighted by Gasteiger charge is -2.25. The number of alkyl carbamates (subject to hydrolysis) is 2. The summed E-state index contributed by atoms with van der Waals surface area (Å²) in [6.07, 6.45) is -0.583. The molecule has 13 heteroatoms. The van der Waals surface area contributed by atoms with Crippen molar-refractivity contribution in [2.45, 2.75) is 77.5 Å². The maximum atomic E-state index is 14.6. The Kier molecular flexibility index (Phi) is 12.8. The molecule has 5 N–H and O–H groups in total. The molecule has 0 bridgehead atoms. The molecule has 0 aliphatic heterocycles. The zero-order valence-corrected chi connectivity index (χ0v) is 29.4. The van der Waals surface area contributed by atoms with Gasteiger partial charge in [0.1, 0.15) is 30.1 Å². The molecule has 0 unspecified atom stereocenters. The van der Waals surface area contributed by atoms with Crippen molar-refractivity contribution in [3.8, 4) is 11.1 Å². The molecule has 0 saturated heterocycles. The van der Waals surface area contributed by atoms with Gasteiger partial charge in [-0.2, -0.15) is 0 Å². The first kappa shape index (κ1) is 38.3. The quantitative estimate of drug-likeness (QED) is 0.123. The Bertz CT molecular complexity index is 1710. The molecule has 4 rings (SSSR count). The minimum absolute atomic E-state index is 0.0373. The third kappa shape index (κ3) is 10.5. The average Bonchev–Trinajstić information content (AvgIpc) is 3.38. The van der Waals surface area contributed by atoms with Crippen molar-refractivity contribution in [2.75, 3.05) is 18.5 Å². The van der Waals surface area contributed by atoms with Gasteiger partial charge in [-0.1, -0.05) is 62.4 Å². The number of carbonyl (C=O) groups is 5. The van der Waals surface area contributed by atoms with Crippen LogP contribution in [0.2, 0.25) is 0 Å². The first-order valence-corrected chi connectivity index (χ1v) is 16.9. The number of ether oxygens (including phenoxy) is 2. The summed E-state index contributed by atoms with van der Waals surface area (Å²) in [6.45, 7) is 8.91. The molecule has 0 saturated carbocycles. The number of carbonyl (C=O) groups excluding carboxylic acids is 4. The fraction of sp³-hybridized carbons (Fsp3) is 0.395. The van der Waals surface area contributed by atoms with Gasteiger partial charge in [-0.3, -0.25) is 9.59 Å². The number of halogens is 1. The van der Waals surface area contributed by atoms with Gasteiger partial charge in [-0.05, 0) is 86.4 Å². The van der Waals surface area contributed by atoms with Crippen LogP contribution < -0.4 is 21.3 Å². The number of benzene rings is 3. The summed E-state index contributed by atoms with van der Waals surface area (Å²) < 4.78 is 25.5. The van der Waals surface area contributed by atoms with Gasteiger partial charge in [0.05, 0.1) is 11.3 Å². The molecule has 2 atom stereocenters. The first-order valence-electron chi connectivity index (χ1n) is 16.9. The SMILES string of the molecule is CC(C)[C@H](NC(=O)OCC1c2ccccc2-c2ccccc21)C(=O)N[C@@H](CCCCNC(=O)OC(C)(C)C)C(=O)Nc1cc(C(=O)O)ccc1F. The number of nitrogens with one attached hydrogen (secondary N) is 4. The first-order chi connectivity index (χ1) is 24.1. The van der Waals surface area contributed by atoms with E-state index in [9.17, 15) is 33.5 Å². The smallest absolute Gasteiger partial charge is 0.407 e. The largest absolute Gasteiger partial charge is 0.478 e. The molecule has 51 heavy (non-hydrogen) atoms. The van der Waals surface area contributed by atoms with Crippen molar-refractivity contribution < 1.29 is 42.9 Å². The van der Waals surface area contributed by atoms with Crippen LogP contribution in [0.3, 0.4) is 0 Å². The lowest BCUT2D eigenvalue weighted by Crippen LogP contribution is -2.54. The number of rotatable bonds is 14. The Morgan fingerprint density at radius 3 is 2.06 bits per heavy atom. The molecule has 3 aromatic rings.